The molecule has 7 aromatic rings. The highest BCUT2D eigenvalue weighted by atomic mass is 16.3. The van der Waals surface area contributed by atoms with Crippen molar-refractivity contribution in [3.05, 3.63) is 135 Å². The minimum Gasteiger partial charge on any atom is -0.454 e. The number of fused-ring (bicyclic) bond motifs is 10. The van der Waals surface area contributed by atoms with E-state index in [2.05, 4.69) is 212 Å². The van der Waals surface area contributed by atoms with Crippen LogP contribution in [0.5, 0.6) is 0 Å². The summed E-state index contributed by atoms with van der Waals surface area (Å²) in [7, 11) is 0. The monoisotopic (exact) mass is 911 g/mol. The first-order valence-electron chi connectivity index (χ1n) is 26.3. The Morgan fingerprint density at radius 2 is 0.870 bits per heavy atom. The molecule has 1 aromatic heterocycles. The lowest BCUT2D eigenvalue weighted by atomic mass is 9.32. The van der Waals surface area contributed by atoms with Crippen molar-refractivity contribution in [1.82, 2.24) is 0 Å². The predicted molar refractivity (Wildman–Crippen MR) is 297 cm³/mol. The van der Waals surface area contributed by atoms with E-state index < -0.39 is 0 Å². The Hall–Kier alpha value is -5.22. The molecular weight excluding hydrogens is 836 g/mol. The Morgan fingerprint density at radius 3 is 1.39 bits per heavy atom. The number of anilines is 6. The van der Waals surface area contributed by atoms with Gasteiger partial charge in [-0.1, -0.05) is 152 Å². The van der Waals surface area contributed by atoms with Crippen LogP contribution in [0.25, 0.3) is 21.9 Å². The number of furan rings is 1. The molecule has 3 heterocycles. The number of hydrogen-bond acceptors (Lipinski definition) is 3. The molecule has 6 aromatic carbocycles. The van der Waals surface area contributed by atoms with E-state index in [0.717, 1.165) is 29.7 Å². The summed E-state index contributed by atoms with van der Waals surface area (Å²) in [5, 5.41) is 2.35. The van der Waals surface area contributed by atoms with Crippen molar-refractivity contribution in [1.29, 1.82) is 0 Å². The van der Waals surface area contributed by atoms with Gasteiger partial charge in [0.2, 0.25) is 0 Å². The van der Waals surface area contributed by atoms with Crippen LogP contribution in [0, 0.1) is 13.8 Å². The highest BCUT2D eigenvalue weighted by Gasteiger charge is 2.50. The van der Waals surface area contributed by atoms with Crippen molar-refractivity contribution >= 4 is 79.2 Å². The molecule has 5 aliphatic rings. The zero-order valence-corrected chi connectivity index (χ0v) is 45.0. The van der Waals surface area contributed by atoms with Gasteiger partial charge in [-0.2, -0.15) is 0 Å². The largest absolute Gasteiger partial charge is 0.454 e. The third kappa shape index (κ3) is 6.24. The molecule has 4 heteroatoms. The summed E-state index contributed by atoms with van der Waals surface area (Å²) in [6.45, 7) is 41.4. The van der Waals surface area contributed by atoms with Crippen LogP contribution in [-0.2, 0) is 37.9 Å². The Bertz CT molecular complexity index is 3400. The molecule has 0 N–H and O–H groups in total. The molecule has 0 amide bonds. The van der Waals surface area contributed by atoms with Gasteiger partial charge >= 0.3 is 0 Å². The van der Waals surface area contributed by atoms with Crippen molar-refractivity contribution in [2.45, 2.75) is 188 Å². The zero-order valence-electron chi connectivity index (χ0n) is 45.0. The summed E-state index contributed by atoms with van der Waals surface area (Å²) >= 11 is 0. The van der Waals surface area contributed by atoms with Gasteiger partial charge in [0.15, 0.2) is 5.58 Å². The van der Waals surface area contributed by atoms with Gasteiger partial charge in [0, 0.05) is 44.8 Å². The highest BCUT2D eigenvalue weighted by molar-refractivity contribution is 7.00. The van der Waals surface area contributed by atoms with Crippen LogP contribution < -0.4 is 26.2 Å². The standard InChI is InChI=1S/C65H75BN2O/c1-37-28-54-56-55(29-37)68(51-33-45-42(30-38(51)2)60(6,7)24-26-62(45,10)11)53-35-47-44(64(14,15)36-65(47,16)17)32-49(53)66(56)48-31-43-46(63(12,13)27-25-61(43,8)9)34-52(48)67(54)50-23-19-21-40-39-20-18-22-41(59(3,4)5)57(39)69-58(40)50/h18-23,28-35H,24-27,36H2,1-17H3. The summed E-state index contributed by atoms with van der Waals surface area (Å²) in [5.41, 5.74) is 26.9. The van der Waals surface area contributed by atoms with E-state index in [-0.39, 0.29) is 44.6 Å². The number of rotatable bonds is 2. The third-order valence-electron chi connectivity index (χ3n) is 18.6. The molecule has 0 spiro atoms. The van der Waals surface area contributed by atoms with Gasteiger partial charge in [-0.3, -0.25) is 0 Å². The first-order chi connectivity index (χ1) is 32.1. The lowest BCUT2D eigenvalue weighted by Gasteiger charge is -2.48. The van der Waals surface area contributed by atoms with Gasteiger partial charge in [0.25, 0.3) is 6.71 Å². The van der Waals surface area contributed by atoms with Gasteiger partial charge in [-0.25, -0.2) is 0 Å². The van der Waals surface area contributed by atoms with Crippen molar-refractivity contribution in [2.75, 3.05) is 9.80 Å². The Kier molecular flexibility index (Phi) is 8.99. The van der Waals surface area contributed by atoms with E-state index in [1.807, 2.05) is 0 Å². The fraction of sp³-hybridized carbons (Fsp3) is 0.446. The van der Waals surface area contributed by atoms with Gasteiger partial charge in [0.05, 0.1) is 5.69 Å². The number of hydrogen-bond donors (Lipinski definition) is 0. The first-order valence-corrected chi connectivity index (χ1v) is 26.3. The third-order valence-corrected chi connectivity index (χ3v) is 18.6. The lowest BCUT2D eigenvalue weighted by molar-refractivity contribution is 0.332. The summed E-state index contributed by atoms with van der Waals surface area (Å²) in [6.07, 6.45) is 5.83. The number of aryl methyl sites for hydroxylation is 2. The Labute approximate surface area is 414 Å². The second-order valence-corrected chi connectivity index (χ2v) is 27.6. The Balaban J connectivity index is 1.23. The summed E-state index contributed by atoms with van der Waals surface area (Å²) in [6, 6.07) is 34.5. The maximum absolute atomic E-state index is 7.33. The number of benzene rings is 6. The average Bonchev–Trinajstić information content (AvgIpc) is 3.73. The van der Waals surface area contributed by atoms with Crippen LogP contribution in [0.4, 0.5) is 34.1 Å². The molecule has 0 saturated heterocycles. The van der Waals surface area contributed by atoms with Crippen molar-refractivity contribution in [2.24, 2.45) is 0 Å². The first kappa shape index (κ1) is 45.0. The molecule has 0 atom stereocenters. The molecule has 69 heavy (non-hydrogen) atoms. The summed E-state index contributed by atoms with van der Waals surface area (Å²) in [5.74, 6) is 0. The van der Waals surface area contributed by atoms with Gasteiger partial charge in [0.1, 0.15) is 5.58 Å². The van der Waals surface area contributed by atoms with Crippen LogP contribution >= 0.6 is 0 Å². The van der Waals surface area contributed by atoms with E-state index in [1.165, 1.54) is 125 Å². The van der Waals surface area contributed by atoms with E-state index in [9.17, 15) is 0 Å². The Morgan fingerprint density at radius 1 is 0.449 bits per heavy atom. The SMILES string of the molecule is Cc1cc2c3c(c1)N(c1cccc4c1oc1c(C(C)(C)C)cccc14)c1cc4c(cc1B3c1cc3c(cc1N2c1cc2c(cc1C)C(C)(C)CCC2(C)C)C(C)(C)CC3(C)C)C(C)(C)CCC4(C)C. The average molecular weight is 911 g/mol. The fourth-order valence-corrected chi connectivity index (χ4v) is 14.7. The normalized spacial score (nSPS) is 20.6. The van der Waals surface area contributed by atoms with E-state index in [0.29, 0.717) is 0 Å². The molecule has 0 unspecified atom stereocenters. The molecule has 12 rings (SSSR count). The molecule has 2 aliphatic heterocycles. The van der Waals surface area contributed by atoms with Crippen LogP contribution in [0.15, 0.2) is 89.3 Å². The highest BCUT2D eigenvalue weighted by Crippen LogP contribution is 2.56. The number of nitrogens with zero attached hydrogens (tertiary/aromatic N) is 2. The van der Waals surface area contributed by atoms with Crippen molar-refractivity contribution in [3.8, 4) is 0 Å². The molecule has 0 fully saturated rings. The molecule has 3 aliphatic carbocycles. The second-order valence-electron chi connectivity index (χ2n) is 27.6. The van der Waals surface area contributed by atoms with E-state index in [1.54, 1.807) is 0 Å². The topological polar surface area (TPSA) is 19.6 Å². The molecule has 0 saturated carbocycles. The van der Waals surface area contributed by atoms with Crippen LogP contribution in [0.3, 0.4) is 0 Å². The summed E-state index contributed by atoms with van der Waals surface area (Å²) < 4.78 is 7.33. The van der Waals surface area contributed by atoms with Crippen LogP contribution in [0.1, 0.15) is 186 Å². The van der Waals surface area contributed by atoms with Crippen molar-refractivity contribution in [3.63, 3.8) is 0 Å². The van der Waals surface area contributed by atoms with Crippen LogP contribution in [0.2, 0.25) is 0 Å². The van der Waals surface area contributed by atoms with E-state index >= 15 is 0 Å². The quantitative estimate of drug-likeness (QED) is 0.161. The van der Waals surface area contributed by atoms with Crippen molar-refractivity contribution < 1.29 is 4.42 Å². The number of para-hydroxylation sites is 2. The summed E-state index contributed by atoms with van der Waals surface area (Å²) in [4.78, 5) is 5.38. The second kappa shape index (κ2) is 13.8. The van der Waals surface area contributed by atoms with Gasteiger partial charge in [-0.15, -0.1) is 0 Å². The molecule has 354 valence electrons. The zero-order chi connectivity index (χ0) is 49.1. The fourth-order valence-electron chi connectivity index (χ4n) is 14.7. The molecular formula is C65H75BN2O. The van der Waals surface area contributed by atoms with Gasteiger partial charge in [-0.05, 0) is 181 Å². The minimum absolute atomic E-state index is 0.0275. The molecule has 0 radical (unpaired) electrons. The predicted octanol–water partition coefficient (Wildman–Crippen LogP) is 16.2. The van der Waals surface area contributed by atoms with E-state index in [4.69, 9.17) is 4.42 Å². The maximum Gasteiger partial charge on any atom is 0.252 e. The minimum atomic E-state index is -0.0772. The smallest absolute Gasteiger partial charge is 0.252 e. The van der Waals surface area contributed by atoms with Crippen LogP contribution in [-0.4, -0.2) is 6.71 Å². The van der Waals surface area contributed by atoms with Gasteiger partial charge < -0.3 is 14.2 Å². The molecule has 3 nitrogen and oxygen atoms in total. The molecule has 0 bridgehead atoms. The maximum atomic E-state index is 7.33. The lowest BCUT2D eigenvalue weighted by Crippen LogP contribution is -2.62.